The Morgan fingerprint density at radius 3 is 2.82 bits per heavy atom. The minimum atomic E-state index is 0.0419. The van der Waals surface area contributed by atoms with Crippen molar-refractivity contribution in [2.45, 2.75) is 6.42 Å². The van der Waals surface area contributed by atoms with Gasteiger partial charge in [-0.2, -0.15) is 5.26 Å². The number of nitriles is 1. The molecule has 4 heteroatoms. The van der Waals surface area contributed by atoms with Crippen LogP contribution in [0.4, 0.5) is 4.79 Å². The molecule has 0 unspecified atom stereocenters. The van der Waals surface area contributed by atoms with Crippen molar-refractivity contribution >= 4 is 6.03 Å². The Balaban J connectivity index is 2.38. The lowest BCUT2D eigenvalue weighted by Gasteiger charge is -2.13. The third-order valence-corrected chi connectivity index (χ3v) is 1.80. The molecule has 0 aromatic rings. The van der Waals surface area contributed by atoms with Gasteiger partial charge in [-0.05, 0) is 0 Å². The first-order valence-corrected chi connectivity index (χ1v) is 3.62. The van der Waals surface area contributed by atoms with E-state index in [0.29, 0.717) is 13.0 Å². The molecule has 1 saturated heterocycles. The van der Waals surface area contributed by atoms with Crippen LogP contribution in [0.1, 0.15) is 6.42 Å². The zero-order chi connectivity index (χ0) is 8.27. The number of urea groups is 1. The van der Waals surface area contributed by atoms with E-state index in [9.17, 15) is 4.79 Å². The van der Waals surface area contributed by atoms with E-state index in [-0.39, 0.29) is 6.03 Å². The highest BCUT2D eigenvalue weighted by atomic mass is 16.2. The van der Waals surface area contributed by atoms with Crippen LogP contribution < -0.4 is 0 Å². The van der Waals surface area contributed by atoms with Crippen LogP contribution in [0.25, 0.3) is 0 Å². The normalized spacial score (nSPS) is 17.3. The van der Waals surface area contributed by atoms with Gasteiger partial charge in [-0.1, -0.05) is 0 Å². The Hall–Kier alpha value is -1.24. The Morgan fingerprint density at radius 1 is 1.64 bits per heavy atom. The number of nitrogens with zero attached hydrogens (tertiary/aromatic N) is 3. The number of carbonyl (C=O) groups excluding carboxylic acids is 1. The number of rotatable bonds is 2. The topological polar surface area (TPSA) is 47.3 Å². The summed E-state index contributed by atoms with van der Waals surface area (Å²) in [5.41, 5.74) is 0. The van der Waals surface area contributed by atoms with Crippen molar-refractivity contribution < 1.29 is 4.79 Å². The third kappa shape index (κ3) is 1.61. The molecule has 2 amide bonds. The van der Waals surface area contributed by atoms with E-state index in [0.717, 1.165) is 13.1 Å². The molecule has 0 N–H and O–H groups in total. The third-order valence-electron chi connectivity index (χ3n) is 1.80. The van der Waals surface area contributed by atoms with Crippen molar-refractivity contribution in [2.75, 3.05) is 26.7 Å². The number of carbonyl (C=O) groups is 1. The predicted octanol–water partition coefficient (Wildman–Crippen LogP) is 0.267. The minimum absolute atomic E-state index is 0.0419. The van der Waals surface area contributed by atoms with Gasteiger partial charge in [0.05, 0.1) is 12.5 Å². The molecule has 0 aliphatic carbocycles. The van der Waals surface area contributed by atoms with Gasteiger partial charge in [-0.25, -0.2) is 4.79 Å². The molecule has 0 aromatic carbocycles. The maximum atomic E-state index is 11.2. The molecule has 0 spiro atoms. The molecule has 4 nitrogen and oxygen atoms in total. The Kier molecular flexibility index (Phi) is 2.32. The van der Waals surface area contributed by atoms with Gasteiger partial charge in [0.1, 0.15) is 0 Å². The maximum Gasteiger partial charge on any atom is 0.319 e. The molecule has 0 atom stereocenters. The van der Waals surface area contributed by atoms with Gasteiger partial charge in [0, 0.05) is 26.7 Å². The predicted molar refractivity (Wildman–Crippen MR) is 39.8 cm³/mol. The van der Waals surface area contributed by atoms with Gasteiger partial charge in [-0.3, -0.25) is 0 Å². The molecule has 0 radical (unpaired) electrons. The van der Waals surface area contributed by atoms with Crippen LogP contribution in [0.2, 0.25) is 0 Å². The summed E-state index contributed by atoms with van der Waals surface area (Å²) in [6, 6.07) is 2.06. The molecule has 0 bridgehead atoms. The summed E-state index contributed by atoms with van der Waals surface area (Å²) in [6.45, 7) is 2.11. The molecule has 1 heterocycles. The van der Waals surface area contributed by atoms with E-state index in [1.165, 1.54) is 0 Å². The van der Waals surface area contributed by atoms with Gasteiger partial charge >= 0.3 is 6.03 Å². The van der Waals surface area contributed by atoms with Crippen LogP contribution in [0.15, 0.2) is 0 Å². The first kappa shape index (κ1) is 7.86. The number of amides is 2. The molecular formula is C7H11N3O. The minimum Gasteiger partial charge on any atom is -0.326 e. The number of hydrogen-bond donors (Lipinski definition) is 0. The highest BCUT2D eigenvalue weighted by Gasteiger charge is 2.23. The lowest BCUT2D eigenvalue weighted by Crippen LogP contribution is -2.29. The summed E-state index contributed by atoms with van der Waals surface area (Å²) in [5.74, 6) is 0. The highest BCUT2D eigenvalue weighted by Crippen LogP contribution is 2.05. The van der Waals surface area contributed by atoms with Crippen molar-refractivity contribution in [3.8, 4) is 6.07 Å². The second-order valence-electron chi connectivity index (χ2n) is 2.60. The van der Waals surface area contributed by atoms with Crippen molar-refractivity contribution in [2.24, 2.45) is 0 Å². The second kappa shape index (κ2) is 3.24. The quantitative estimate of drug-likeness (QED) is 0.571. The summed E-state index contributed by atoms with van der Waals surface area (Å²) >= 11 is 0. The van der Waals surface area contributed by atoms with E-state index in [1.807, 2.05) is 6.07 Å². The second-order valence-corrected chi connectivity index (χ2v) is 2.60. The van der Waals surface area contributed by atoms with Gasteiger partial charge in [-0.15, -0.1) is 0 Å². The maximum absolute atomic E-state index is 11.2. The van der Waals surface area contributed by atoms with Crippen LogP contribution in [0.5, 0.6) is 0 Å². The Morgan fingerprint density at radius 2 is 2.36 bits per heavy atom. The zero-order valence-corrected chi connectivity index (χ0v) is 6.58. The van der Waals surface area contributed by atoms with E-state index < -0.39 is 0 Å². The summed E-state index contributed by atoms with van der Waals surface area (Å²) in [5, 5.41) is 8.28. The fraction of sp³-hybridized carbons (Fsp3) is 0.714. The molecule has 0 saturated carbocycles. The van der Waals surface area contributed by atoms with Gasteiger partial charge in [0.25, 0.3) is 0 Å². The smallest absolute Gasteiger partial charge is 0.319 e. The number of hydrogen-bond acceptors (Lipinski definition) is 2. The van der Waals surface area contributed by atoms with E-state index in [2.05, 4.69) is 0 Å². The van der Waals surface area contributed by atoms with E-state index >= 15 is 0 Å². The van der Waals surface area contributed by atoms with Crippen LogP contribution in [0, 0.1) is 11.3 Å². The van der Waals surface area contributed by atoms with Gasteiger partial charge in [0.15, 0.2) is 0 Å². The Labute approximate surface area is 66.0 Å². The molecule has 60 valence electrons. The molecule has 0 aromatic heterocycles. The van der Waals surface area contributed by atoms with Crippen LogP contribution in [-0.4, -0.2) is 42.5 Å². The van der Waals surface area contributed by atoms with Crippen molar-refractivity contribution in [3.05, 3.63) is 0 Å². The number of likely N-dealkylation sites (N-methyl/N-ethyl adjacent to an activating group) is 1. The molecule has 11 heavy (non-hydrogen) atoms. The van der Waals surface area contributed by atoms with Crippen LogP contribution >= 0.6 is 0 Å². The summed E-state index contributed by atoms with van der Waals surface area (Å²) in [4.78, 5) is 14.5. The summed E-state index contributed by atoms with van der Waals surface area (Å²) < 4.78 is 0. The summed E-state index contributed by atoms with van der Waals surface area (Å²) in [7, 11) is 1.77. The van der Waals surface area contributed by atoms with Crippen LogP contribution in [0.3, 0.4) is 0 Å². The molecule has 1 aliphatic rings. The summed E-state index contributed by atoms with van der Waals surface area (Å²) in [6.07, 6.45) is 0.430. The lowest BCUT2D eigenvalue weighted by atomic mass is 10.4. The lowest BCUT2D eigenvalue weighted by molar-refractivity contribution is 0.199. The van der Waals surface area contributed by atoms with Crippen molar-refractivity contribution in [1.29, 1.82) is 5.26 Å². The highest BCUT2D eigenvalue weighted by molar-refractivity contribution is 5.76. The molecular weight excluding hydrogens is 142 g/mol. The van der Waals surface area contributed by atoms with E-state index in [4.69, 9.17) is 5.26 Å². The SMILES string of the molecule is CN1CCN(CCC#N)C1=O. The van der Waals surface area contributed by atoms with Gasteiger partial charge in [0.2, 0.25) is 0 Å². The fourth-order valence-corrected chi connectivity index (χ4v) is 1.10. The van der Waals surface area contributed by atoms with Gasteiger partial charge < -0.3 is 9.80 Å². The molecule has 1 rings (SSSR count). The fourth-order valence-electron chi connectivity index (χ4n) is 1.10. The molecule has 1 fully saturated rings. The van der Waals surface area contributed by atoms with Crippen LogP contribution in [-0.2, 0) is 0 Å². The largest absolute Gasteiger partial charge is 0.326 e. The monoisotopic (exact) mass is 153 g/mol. The average molecular weight is 153 g/mol. The average Bonchev–Trinajstić information content (AvgIpc) is 2.31. The zero-order valence-electron chi connectivity index (χ0n) is 6.58. The standard InChI is InChI=1S/C7H11N3O/c1-9-5-6-10(7(9)11)4-2-3-8/h2,4-6H2,1H3. The van der Waals surface area contributed by atoms with Crippen molar-refractivity contribution in [1.82, 2.24) is 9.80 Å². The first-order chi connectivity index (χ1) is 5.25. The molecule has 1 aliphatic heterocycles. The van der Waals surface area contributed by atoms with E-state index in [1.54, 1.807) is 16.8 Å². The van der Waals surface area contributed by atoms with Crippen molar-refractivity contribution in [3.63, 3.8) is 0 Å². The first-order valence-electron chi connectivity index (χ1n) is 3.62. The Bertz CT molecular complexity index is 196.